The number of nitrogens with zero attached hydrogens (tertiary/aromatic N) is 1. The molecule has 0 aliphatic heterocycles. The van der Waals surface area contributed by atoms with Gasteiger partial charge in [-0.15, -0.1) is 0 Å². The molecule has 0 aromatic heterocycles. The third-order valence-corrected chi connectivity index (χ3v) is 4.68. The van der Waals surface area contributed by atoms with Crippen LogP contribution in [0.5, 0.6) is 0 Å². The van der Waals surface area contributed by atoms with E-state index in [-0.39, 0.29) is 11.5 Å². The summed E-state index contributed by atoms with van der Waals surface area (Å²) in [5.74, 6) is 0.442. The Balaban J connectivity index is 2.72. The van der Waals surface area contributed by atoms with E-state index in [0.29, 0.717) is 18.7 Å². The fraction of sp³-hybridized carbons (Fsp3) is 0.538. The highest BCUT2D eigenvalue weighted by Gasteiger charge is 2.13. The minimum atomic E-state index is -2.94. The molecule has 1 aromatic rings. The van der Waals surface area contributed by atoms with Crippen molar-refractivity contribution < 1.29 is 8.42 Å². The summed E-state index contributed by atoms with van der Waals surface area (Å²) >= 11 is 0. The zero-order valence-corrected chi connectivity index (χ0v) is 11.9. The van der Waals surface area contributed by atoms with Crippen molar-refractivity contribution in [1.82, 2.24) is 0 Å². The van der Waals surface area contributed by atoms with Crippen LogP contribution in [-0.2, 0) is 9.84 Å². The van der Waals surface area contributed by atoms with Gasteiger partial charge in [-0.2, -0.15) is 0 Å². The van der Waals surface area contributed by atoms with Gasteiger partial charge in [0.15, 0.2) is 9.84 Å². The van der Waals surface area contributed by atoms with Gasteiger partial charge in [-0.05, 0) is 25.5 Å². The zero-order valence-electron chi connectivity index (χ0n) is 11.1. The van der Waals surface area contributed by atoms with E-state index in [4.69, 9.17) is 5.73 Å². The van der Waals surface area contributed by atoms with Crippen molar-refractivity contribution >= 4 is 21.2 Å². The Kier molecular flexibility index (Phi) is 5.47. The summed E-state index contributed by atoms with van der Waals surface area (Å²) in [5, 5.41) is 0. The monoisotopic (exact) mass is 270 g/mol. The summed E-state index contributed by atoms with van der Waals surface area (Å²) < 4.78 is 23.4. The van der Waals surface area contributed by atoms with Gasteiger partial charge in [0.1, 0.15) is 0 Å². The van der Waals surface area contributed by atoms with Crippen LogP contribution in [0.25, 0.3) is 0 Å². The van der Waals surface area contributed by atoms with Crippen LogP contribution in [0.1, 0.15) is 20.3 Å². The molecule has 0 aliphatic carbocycles. The van der Waals surface area contributed by atoms with Crippen LogP contribution in [0.3, 0.4) is 0 Å². The van der Waals surface area contributed by atoms with E-state index in [1.807, 2.05) is 43.0 Å². The van der Waals surface area contributed by atoms with Crippen molar-refractivity contribution in [1.29, 1.82) is 0 Å². The molecule has 0 aliphatic rings. The topological polar surface area (TPSA) is 63.4 Å². The number of rotatable bonds is 7. The first-order valence-electron chi connectivity index (χ1n) is 6.30. The zero-order chi connectivity index (χ0) is 13.6. The van der Waals surface area contributed by atoms with Gasteiger partial charge in [0.05, 0.1) is 17.1 Å². The maximum atomic E-state index is 11.7. The highest BCUT2D eigenvalue weighted by Crippen LogP contribution is 2.22. The van der Waals surface area contributed by atoms with Crippen molar-refractivity contribution in [2.24, 2.45) is 0 Å². The fourth-order valence-electron chi connectivity index (χ4n) is 1.89. The summed E-state index contributed by atoms with van der Waals surface area (Å²) in [5.41, 5.74) is 7.50. The van der Waals surface area contributed by atoms with Crippen LogP contribution in [0.2, 0.25) is 0 Å². The van der Waals surface area contributed by atoms with Gasteiger partial charge < -0.3 is 10.6 Å². The number of para-hydroxylation sites is 2. The molecule has 0 radical (unpaired) electrons. The van der Waals surface area contributed by atoms with Crippen molar-refractivity contribution in [3.05, 3.63) is 24.3 Å². The Labute approximate surface area is 110 Å². The van der Waals surface area contributed by atoms with Gasteiger partial charge in [0.2, 0.25) is 0 Å². The van der Waals surface area contributed by atoms with Gasteiger partial charge in [-0.3, -0.25) is 0 Å². The first-order chi connectivity index (χ1) is 8.50. The van der Waals surface area contributed by atoms with E-state index < -0.39 is 9.84 Å². The molecule has 0 amide bonds. The van der Waals surface area contributed by atoms with Crippen LogP contribution in [-0.4, -0.2) is 33.0 Å². The molecule has 5 heteroatoms. The smallest absolute Gasteiger partial charge is 0.152 e. The SMILES string of the molecule is CCCS(=O)(=O)CCN(CC)c1ccccc1N. The standard InChI is InChI=1S/C13H22N2O2S/c1-3-10-18(16,17)11-9-15(4-2)13-8-6-5-7-12(13)14/h5-8H,3-4,9-11,14H2,1-2H3. The molecule has 0 saturated heterocycles. The molecule has 18 heavy (non-hydrogen) atoms. The third kappa shape index (κ3) is 4.22. The van der Waals surface area contributed by atoms with Crippen LogP contribution >= 0.6 is 0 Å². The summed E-state index contributed by atoms with van der Waals surface area (Å²) in [7, 11) is -2.94. The summed E-state index contributed by atoms with van der Waals surface area (Å²) in [6, 6.07) is 7.54. The number of hydrogen-bond donors (Lipinski definition) is 1. The van der Waals surface area contributed by atoms with Crippen LogP contribution in [0.4, 0.5) is 11.4 Å². The second-order valence-corrected chi connectivity index (χ2v) is 6.59. The lowest BCUT2D eigenvalue weighted by Crippen LogP contribution is -2.30. The van der Waals surface area contributed by atoms with E-state index in [9.17, 15) is 8.42 Å². The highest BCUT2D eigenvalue weighted by atomic mass is 32.2. The quantitative estimate of drug-likeness (QED) is 0.769. The maximum Gasteiger partial charge on any atom is 0.152 e. The molecule has 0 unspecified atom stereocenters. The summed E-state index contributed by atoms with van der Waals surface area (Å²) in [6.45, 7) is 5.12. The first kappa shape index (κ1) is 14.8. The Morgan fingerprint density at radius 1 is 1.17 bits per heavy atom. The Morgan fingerprint density at radius 2 is 1.83 bits per heavy atom. The first-order valence-corrected chi connectivity index (χ1v) is 8.12. The maximum absolute atomic E-state index is 11.7. The lowest BCUT2D eigenvalue weighted by Gasteiger charge is -2.24. The summed E-state index contributed by atoms with van der Waals surface area (Å²) in [6.07, 6.45) is 0.669. The molecule has 0 heterocycles. The number of nitrogen functional groups attached to an aromatic ring is 1. The molecule has 0 fully saturated rings. The molecular formula is C13H22N2O2S. The molecule has 0 saturated carbocycles. The molecule has 2 N–H and O–H groups in total. The normalized spacial score (nSPS) is 11.4. The molecule has 102 valence electrons. The molecule has 1 aromatic carbocycles. The average Bonchev–Trinajstić information content (AvgIpc) is 2.32. The second-order valence-electron chi connectivity index (χ2n) is 4.29. The van der Waals surface area contributed by atoms with Gasteiger partial charge in [-0.1, -0.05) is 19.1 Å². The molecule has 0 atom stereocenters. The lowest BCUT2D eigenvalue weighted by molar-refractivity contribution is 0.593. The van der Waals surface area contributed by atoms with Crippen molar-refractivity contribution in [2.45, 2.75) is 20.3 Å². The molecule has 0 bridgehead atoms. The molecule has 4 nitrogen and oxygen atoms in total. The fourth-order valence-corrected chi connectivity index (χ4v) is 3.21. The van der Waals surface area contributed by atoms with Gasteiger partial charge in [0, 0.05) is 18.8 Å². The van der Waals surface area contributed by atoms with E-state index in [2.05, 4.69) is 0 Å². The Bertz CT molecular complexity index is 472. The Morgan fingerprint density at radius 3 is 2.39 bits per heavy atom. The third-order valence-electron chi connectivity index (χ3n) is 2.85. The van der Waals surface area contributed by atoms with E-state index in [1.165, 1.54) is 0 Å². The largest absolute Gasteiger partial charge is 0.397 e. The van der Waals surface area contributed by atoms with Crippen LogP contribution in [0, 0.1) is 0 Å². The van der Waals surface area contributed by atoms with Crippen molar-refractivity contribution in [2.75, 3.05) is 35.2 Å². The predicted molar refractivity (Wildman–Crippen MR) is 77.7 cm³/mol. The van der Waals surface area contributed by atoms with Gasteiger partial charge in [0.25, 0.3) is 0 Å². The van der Waals surface area contributed by atoms with Crippen molar-refractivity contribution in [3.8, 4) is 0 Å². The predicted octanol–water partition coefficient (Wildman–Crippen LogP) is 1.92. The van der Waals surface area contributed by atoms with E-state index in [1.54, 1.807) is 0 Å². The highest BCUT2D eigenvalue weighted by molar-refractivity contribution is 7.91. The number of nitrogens with two attached hydrogens (primary N) is 1. The second kappa shape index (κ2) is 6.64. The Hall–Kier alpha value is -1.23. The lowest BCUT2D eigenvalue weighted by atomic mass is 10.2. The molecular weight excluding hydrogens is 248 g/mol. The van der Waals surface area contributed by atoms with Crippen LogP contribution in [0.15, 0.2) is 24.3 Å². The average molecular weight is 270 g/mol. The van der Waals surface area contributed by atoms with E-state index in [0.717, 1.165) is 12.2 Å². The minimum absolute atomic E-state index is 0.184. The number of benzene rings is 1. The van der Waals surface area contributed by atoms with Crippen LogP contribution < -0.4 is 10.6 Å². The van der Waals surface area contributed by atoms with Crippen molar-refractivity contribution in [3.63, 3.8) is 0 Å². The summed E-state index contributed by atoms with van der Waals surface area (Å²) in [4.78, 5) is 2.00. The van der Waals surface area contributed by atoms with Gasteiger partial charge >= 0.3 is 0 Å². The molecule has 0 spiro atoms. The van der Waals surface area contributed by atoms with Gasteiger partial charge in [-0.25, -0.2) is 8.42 Å². The number of anilines is 2. The minimum Gasteiger partial charge on any atom is -0.397 e. The van der Waals surface area contributed by atoms with E-state index >= 15 is 0 Å². The number of hydrogen-bond acceptors (Lipinski definition) is 4. The number of sulfone groups is 1. The molecule has 1 rings (SSSR count).